The predicted molar refractivity (Wildman–Crippen MR) is 75.5 cm³/mol. The number of nitrogens with zero attached hydrogens (tertiary/aromatic N) is 1. The summed E-state index contributed by atoms with van der Waals surface area (Å²) in [6.07, 6.45) is 0. The highest BCUT2D eigenvalue weighted by Gasteiger charge is 2.27. The van der Waals surface area contributed by atoms with Crippen LogP contribution in [0.2, 0.25) is 0 Å². The van der Waals surface area contributed by atoms with E-state index in [-0.39, 0.29) is 18.3 Å². The number of carboxylic acid groups (broad SMARTS) is 1. The van der Waals surface area contributed by atoms with Gasteiger partial charge in [-0.25, -0.2) is 4.39 Å². The van der Waals surface area contributed by atoms with Crippen molar-refractivity contribution in [2.45, 2.75) is 13.8 Å². The monoisotopic (exact) mass is 297 g/mol. The van der Waals surface area contributed by atoms with Crippen LogP contribution in [0.3, 0.4) is 0 Å². The molecule has 116 valence electrons. The Morgan fingerprint density at radius 1 is 1.33 bits per heavy atom. The fourth-order valence-electron chi connectivity index (χ4n) is 1.74. The summed E-state index contributed by atoms with van der Waals surface area (Å²) >= 11 is 0. The summed E-state index contributed by atoms with van der Waals surface area (Å²) in [5, 5.41) is 8.90. The molecule has 1 aromatic carbocycles. The summed E-state index contributed by atoms with van der Waals surface area (Å²) < 4.78 is 18.3. The summed E-state index contributed by atoms with van der Waals surface area (Å²) in [6.45, 7) is 3.60. The van der Waals surface area contributed by atoms with Gasteiger partial charge in [0.05, 0.1) is 12.5 Å². The van der Waals surface area contributed by atoms with Crippen LogP contribution in [0.5, 0.6) is 5.75 Å². The summed E-state index contributed by atoms with van der Waals surface area (Å²) in [5.41, 5.74) is 0. The number of amides is 1. The van der Waals surface area contributed by atoms with Gasteiger partial charge >= 0.3 is 5.97 Å². The van der Waals surface area contributed by atoms with E-state index in [4.69, 9.17) is 9.84 Å². The molecule has 0 radical (unpaired) electrons. The molecule has 0 aliphatic rings. The molecule has 1 amide bonds. The molecular formula is C15H20FNO4. The lowest BCUT2D eigenvalue weighted by Gasteiger charge is -2.23. The first-order valence-corrected chi connectivity index (χ1v) is 6.69. The van der Waals surface area contributed by atoms with Gasteiger partial charge in [-0.2, -0.15) is 0 Å². The van der Waals surface area contributed by atoms with Crippen LogP contribution in [-0.4, -0.2) is 42.1 Å². The van der Waals surface area contributed by atoms with Gasteiger partial charge < -0.3 is 14.7 Å². The Labute approximate surface area is 123 Å². The van der Waals surface area contributed by atoms with Crippen molar-refractivity contribution in [3.8, 4) is 5.75 Å². The van der Waals surface area contributed by atoms with Crippen molar-refractivity contribution in [2.75, 3.05) is 20.2 Å². The molecule has 1 N–H and O–H groups in total. The van der Waals surface area contributed by atoms with Gasteiger partial charge in [-0.1, -0.05) is 19.9 Å². The number of ether oxygens (including phenoxy) is 1. The van der Waals surface area contributed by atoms with Gasteiger partial charge in [-0.15, -0.1) is 0 Å². The smallest absolute Gasteiger partial charge is 0.307 e. The molecule has 0 aliphatic carbocycles. The molecule has 0 aromatic heterocycles. The Hall–Kier alpha value is -2.11. The molecule has 1 aromatic rings. The third-order valence-electron chi connectivity index (χ3n) is 3.40. The van der Waals surface area contributed by atoms with E-state index in [0.29, 0.717) is 12.3 Å². The van der Waals surface area contributed by atoms with Gasteiger partial charge in [0, 0.05) is 19.0 Å². The van der Waals surface area contributed by atoms with E-state index in [1.54, 1.807) is 20.0 Å². The van der Waals surface area contributed by atoms with Crippen molar-refractivity contribution in [1.82, 2.24) is 4.90 Å². The topological polar surface area (TPSA) is 66.8 Å². The number of aliphatic carboxylic acids is 1. The molecule has 21 heavy (non-hydrogen) atoms. The minimum atomic E-state index is -1.000. The van der Waals surface area contributed by atoms with E-state index in [0.717, 1.165) is 0 Å². The average Bonchev–Trinajstić information content (AvgIpc) is 2.44. The number of halogens is 1. The molecule has 1 rings (SSSR count). The summed E-state index contributed by atoms with van der Waals surface area (Å²) in [7, 11) is 1.59. The standard InChI is InChI=1S/C15H20FNO4/c1-10(11(2)15(19)20)14(18)17(3)7-8-21-13-6-4-5-12(16)9-13/h4-6,9-11H,7-8H2,1-3H3,(H,19,20). The van der Waals surface area contributed by atoms with Gasteiger partial charge in [0.15, 0.2) is 0 Å². The average molecular weight is 297 g/mol. The maximum absolute atomic E-state index is 13.0. The van der Waals surface area contributed by atoms with Gasteiger partial charge in [-0.3, -0.25) is 9.59 Å². The number of carbonyl (C=O) groups is 2. The normalized spacial score (nSPS) is 13.3. The number of rotatable bonds is 7. The first-order valence-electron chi connectivity index (χ1n) is 6.69. The Balaban J connectivity index is 2.44. The first kappa shape index (κ1) is 16.9. The van der Waals surface area contributed by atoms with Crippen LogP contribution in [0.4, 0.5) is 4.39 Å². The van der Waals surface area contributed by atoms with Crippen LogP contribution in [-0.2, 0) is 9.59 Å². The van der Waals surface area contributed by atoms with Crippen molar-refractivity contribution in [1.29, 1.82) is 0 Å². The van der Waals surface area contributed by atoms with E-state index in [1.807, 2.05) is 0 Å². The molecule has 0 fully saturated rings. The molecule has 0 saturated heterocycles. The maximum Gasteiger partial charge on any atom is 0.307 e. The van der Waals surface area contributed by atoms with Crippen LogP contribution in [0.1, 0.15) is 13.8 Å². The Morgan fingerprint density at radius 3 is 2.57 bits per heavy atom. The second-order valence-corrected chi connectivity index (χ2v) is 4.98. The highest BCUT2D eigenvalue weighted by Crippen LogP contribution is 2.14. The molecule has 0 bridgehead atoms. The molecule has 2 unspecified atom stereocenters. The maximum atomic E-state index is 13.0. The SMILES string of the molecule is CC(C(=O)O)C(C)C(=O)N(C)CCOc1cccc(F)c1. The largest absolute Gasteiger partial charge is 0.492 e. The van der Waals surface area contributed by atoms with E-state index < -0.39 is 17.8 Å². The van der Waals surface area contributed by atoms with E-state index >= 15 is 0 Å². The van der Waals surface area contributed by atoms with Crippen LogP contribution in [0.15, 0.2) is 24.3 Å². The lowest BCUT2D eigenvalue weighted by molar-refractivity contribution is -0.148. The number of benzene rings is 1. The van der Waals surface area contributed by atoms with Crippen molar-refractivity contribution in [3.63, 3.8) is 0 Å². The lowest BCUT2D eigenvalue weighted by atomic mass is 9.95. The van der Waals surface area contributed by atoms with Crippen LogP contribution < -0.4 is 4.74 Å². The fraction of sp³-hybridized carbons (Fsp3) is 0.467. The Kier molecular flexibility index (Phi) is 6.14. The third-order valence-corrected chi connectivity index (χ3v) is 3.40. The number of carbonyl (C=O) groups excluding carboxylic acids is 1. The highest BCUT2D eigenvalue weighted by molar-refractivity contribution is 5.84. The van der Waals surface area contributed by atoms with Gasteiger partial charge in [0.2, 0.25) is 5.91 Å². The van der Waals surface area contributed by atoms with Crippen molar-refractivity contribution in [3.05, 3.63) is 30.1 Å². The van der Waals surface area contributed by atoms with Crippen LogP contribution in [0.25, 0.3) is 0 Å². The fourth-order valence-corrected chi connectivity index (χ4v) is 1.74. The molecule has 6 heteroatoms. The van der Waals surface area contributed by atoms with Crippen molar-refractivity contribution < 1.29 is 23.8 Å². The summed E-state index contributed by atoms with van der Waals surface area (Å²) in [6, 6.07) is 5.74. The van der Waals surface area contributed by atoms with Gasteiger partial charge in [0.25, 0.3) is 0 Å². The Morgan fingerprint density at radius 2 is 2.00 bits per heavy atom. The second-order valence-electron chi connectivity index (χ2n) is 4.98. The number of hydrogen-bond donors (Lipinski definition) is 1. The van der Waals surface area contributed by atoms with Crippen molar-refractivity contribution in [2.24, 2.45) is 11.8 Å². The minimum absolute atomic E-state index is 0.208. The first-order chi connectivity index (χ1) is 9.82. The zero-order valence-corrected chi connectivity index (χ0v) is 12.4. The number of carboxylic acids is 1. The van der Waals surface area contributed by atoms with E-state index in [2.05, 4.69) is 0 Å². The molecule has 0 aliphatic heterocycles. The van der Waals surface area contributed by atoms with E-state index in [9.17, 15) is 14.0 Å². The molecule has 2 atom stereocenters. The van der Waals surface area contributed by atoms with Crippen molar-refractivity contribution >= 4 is 11.9 Å². The number of likely N-dealkylation sites (N-methyl/N-ethyl adjacent to an activating group) is 1. The molecule has 0 heterocycles. The molecule has 0 saturated carbocycles. The van der Waals surface area contributed by atoms with Crippen LogP contribution in [0, 0.1) is 17.7 Å². The molecule has 0 spiro atoms. The minimum Gasteiger partial charge on any atom is -0.492 e. The lowest BCUT2D eigenvalue weighted by Crippen LogP contribution is -2.38. The van der Waals surface area contributed by atoms with Gasteiger partial charge in [0.1, 0.15) is 18.2 Å². The zero-order chi connectivity index (χ0) is 16.0. The van der Waals surface area contributed by atoms with E-state index in [1.165, 1.54) is 30.0 Å². The predicted octanol–water partition coefficient (Wildman–Crippen LogP) is 2.02. The molecule has 5 nitrogen and oxygen atoms in total. The molecular weight excluding hydrogens is 277 g/mol. The van der Waals surface area contributed by atoms with Crippen LogP contribution >= 0.6 is 0 Å². The third kappa shape index (κ3) is 5.06. The zero-order valence-electron chi connectivity index (χ0n) is 12.4. The summed E-state index contributed by atoms with van der Waals surface area (Å²) in [5.74, 6) is -2.61. The second kappa shape index (κ2) is 7.61. The Bertz CT molecular complexity index is 506. The van der Waals surface area contributed by atoms with Gasteiger partial charge in [-0.05, 0) is 12.1 Å². The summed E-state index contributed by atoms with van der Waals surface area (Å²) in [4.78, 5) is 24.3. The highest BCUT2D eigenvalue weighted by atomic mass is 19.1. The number of hydrogen-bond acceptors (Lipinski definition) is 3. The quantitative estimate of drug-likeness (QED) is 0.836.